The van der Waals surface area contributed by atoms with Crippen molar-refractivity contribution in [1.82, 2.24) is 15.3 Å². The van der Waals surface area contributed by atoms with Crippen molar-refractivity contribution in [3.05, 3.63) is 18.1 Å². The van der Waals surface area contributed by atoms with Crippen molar-refractivity contribution in [3.8, 4) is 5.88 Å². The van der Waals surface area contributed by atoms with E-state index in [-0.39, 0.29) is 0 Å². The maximum atomic E-state index is 5.49. The maximum absolute atomic E-state index is 5.49. The maximum Gasteiger partial charge on any atom is 0.232 e. The van der Waals surface area contributed by atoms with Crippen molar-refractivity contribution in [3.63, 3.8) is 0 Å². The van der Waals surface area contributed by atoms with Gasteiger partial charge in [0.15, 0.2) is 0 Å². The number of unbranched alkanes of at least 4 members (excludes halogenated alkanes) is 2. The monoisotopic (exact) mass is 237 g/mol. The van der Waals surface area contributed by atoms with Crippen LogP contribution in [0.4, 0.5) is 0 Å². The van der Waals surface area contributed by atoms with Crippen molar-refractivity contribution in [1.29, 1.82) is 0 Å². The summed E-state index contributed by atoms with van der Waals surface area (Å²) >= 11 is 0. The summed E-state index contributed by atoms with van der Waals surface area (Å²) in [5, 5.41) is 3.30. The van der Waals surface area contributed by atoms with Crippen molar-refractivity contribution in [2.24, 2.45) is 0 Å². The molecule has 0 atom stereocenters. The normalized spacial score (nSPS) is 10.8. The standard InChI is InChI=1S/C13H23N3O/c1-4-5-6-7-17-13-10-15-12(9-16-13)8-14-11(2)3/h9-11,14H,4-8H2,1-3H3. The first-order valence-electron chi connectivity index (χ1n) is 6.39. The predicted molar refractivity (Wildman–Crippen MR) is 69.0 cm³/mol. The number of hydrogen-bond acceptors (Lipinski definition) is 4. The Labute approximate surface area is 104 Å². The van der Waals surface area contributed by atoms with E-state index in [0.29, 0.717) is 11.9 Å². The lowest BCUT2D eigenvalue weighted by molar-refractivity contribution is 0.293. The van der Waals surface area contributed by atoms with Crippen LogP contribution in [-0.2, 0) is 6.54 Å². The highest BCUT2D eigenvalue weighted by Gasteiger charge is 1.99. The molecule has 1 aromatic heterocycles. The fourth-order valence-corrected chi connectivity index (χ4v) is 1.35. The van der Waals surface area contributed by atoms with Crippen LogP contribution in [0.25, 0.3) is 0 Å². The number of nitrogens with one attached hydrogen (secondary N) is 1. The third-order valence-electron chi connectivity index (χ3n) is 2.37. The van der Waals surface area contributed by atoms with Gasteiger partial charge in [-0.25, -0.2) is 4.98 Å². The lowest BCUT2D eigenvalue weighted by Crippen LogP contribution is -2.22. The van der Waals surface area contributed by atoms with Crippen molar-refractivity contribution < 1.29 is 4.74 Å². The number of nitrogens with zero attached hydrogens (tertiary/aromatic N) is 2. The van der Waals surface area contributed by atoms with Gasteiger partial charge in [-0.3, -0.25) is 4.98 Å². The Morgan fingerprint density at radius 2 is 2.06 bits per heavy atom. The molecule has 0 fully saturated rings. The van der Waals surface area contributed by atoms with Gasteiger partial charge in [-0.05, 0) is 6.42 Å². The van der Waals surface area contributed by atoms with Gasteiger partial charge in [0, 0.05) is 12.6 Å². The molecule has 0 bridgehead atoms. The summed E-state index contributed by atoms with van der Waals surface area (Å²) < 4.78 is 5.49. The molecule has 0 amide bonds. The Hall–Kier alpha value is -1.16. The molecule has 1 heterocycles. The van der Waals surface area contributed by atoms with Crippen molar-refractivity contribution in [2.45, 2.75) is 52.6 Å². The molecule has 1 aromatic rings. The van der Waals surface area contributed by atoms with Crippen LogP contribution in [0.3, 0.4) is 0 Å². The van der Waals surface area contributed by atoms with E-state index in [2.05, 4.69) is 36.1 Å². The third kappa shape index (κ3) is 6.22. The molecular formula is C13H23N3O. The Bertz CT molecular complexity index is 298. The van der Waals surface area contributed by atoms with E-state index in [1.54, 1.807) is 12.4 Å². The quantitative estimate of drug-likeness (QED) is 0.706. The number of hydrogen-bond donors (Lipinski definition) is 1. The van der Waals surface area contributed by atoms with E-state index in [1.165, 1.54) is 12.8 Å². The lowest BCUT2D eigenvalue weighted by Gasteiger charge is -2.08. The van der Waals surface area contributed by atoms with Gasteiger partial charge < -0.3 is 10.1 Å². The van der Waals surface area contributed by atoms with Crippen molar-refractivity contribution in [2.75, 3.05) is 6.61 Å². The minimum Gasteiger partial charge on any atom is -0.477 e. The van der Waals surface area contributed by atoms with E-state index in [0.717, 1.165) is 25.3 Å². The minimum absolute atomic E-state index is 0.460. The van der Waals surface area contributed by atoms with Gasteiger partial charge in [-0.1, -0.05) is 33.6 Å². The molecule has 1 N–H and O–H groups in total. The molecule has 96 valence electrons. The highest BCUT2D eigenvalue weighted by atomic mass is 16.5. The topological polar surface area (TPSA) is 47.0 Å². The molecule has 0 saturated carbocycles. The summed E-state index contributed by atoms with van der Waals surface area (Å²) in [6.45, 7) is 7.88. The fraction of sp³-hybridized carbons (Fsp3) is 0.692. The molecule has 1 rings (SSSR count). The van der Waals surface area contributed by atoms with Gasteiger partial charge >= 0.3 is 0 Å². The van der Waals surface area contributed by atoms with Gasteiger partial charge in [0.25, 0.3) is 0 Å². The molecule has 0 radical (unpaired) electrons. The number of ether oxygens (including phenoxy) is 1. The second-order valence-electron chi connectivity index (χ2n) is 4.44. The molecule has 0 aliphatic heterocycles. The molecule has 4 heteroatoms. The number of rotatable bonds is 8. The summed E-state index contributed by atoms with van der Waals surface area (Å²) in [5.41, 5.74) is 0.944. The van der Waals surface area contributed by atoms with E-state index < -0.39 is 0 Å². The predicted octanol–water partition coefficient (Wildman–Crippen LogP) is 2.54. The molecule has 0 spiro atoms. The van der Waals surface area contributed by atoms with Crippen LogP contribution >= 0.6 is 0 Å². The highest BCUT2D eigenvalue weighted by molar-refractivity contribution is 5.07. The molecule has 0 saturated heterocycles. The van der Waals surface area contributed by atoms with Gasteiger partial charge in [0.1, 0.15) is 0 Å². The van der Waals surface area contributed by atoms with Crippen molar-refractivity contribution >= 4 is 0 Å². The smallest absolute Gasteiger partial charge is 0.232 e. The molecular weight excluding hydrogens is 214 g/mol. The minimum atomic E-state index is 0.460. The van der Waals surface area contributed by atoms with Gasteiger partial charge in [-0.15, -0.1) is 0 Å². The SMILES string of the molecule is CCCCCOc1cnc(CNC(C)C)cn1. The zero-order chi connectivity index (χ0) is 12.5. The van der Waals surface area contributed by atoms with E-state index in [1.807, 2.05) is 0 Å². The molecule has 0 aromatic carbocycles. The second kappa shape index (κ2) is 8.01. The van der Waals surface area contributed by atoms with Crippen LogP contribution in [0.1, 0.15) is 45.7 Å². The lowest BCUT2D eigenvalue weighted by atomic mass is 10.3. The van der Waals surface area contributed by atoms with Gasteiger partial charge in [-0.2, -0.15) is 0 Å². The van der Waals surface area contributed by atoms with Crippen LogP contribution in [0.2, 0.25) is 0 Å². The zero-order valence-corrected chi connectivity index (χ0v) is 11.1. The molecule has 0 aliphatic carbocycles. The Morgan fingerprint density at radius 1 is 1.24 bits per heavy atom. The van der Waals surface area contributed by atoms with E-state index in [4.69, 9.17) is 4.74 Å². The third-order valence-corrected chi connectivity index (χ3v) is 2.37. The molecule has 17 heavy (non-hydrogen) atoms. The average molecular weight is 237 g/mol. The van der Waals surface area contributed by atoms with Gasteiger partial charge in [0.2, 0.25) is 5.88 Å². The van der Waals surface area contributed by atoms with Crippen LogP contribution in [0.15, 0.2) is 12.4 Å². The first kappa shape index (κ1) is 13.9. The zero-order valence-electron chi connectivity index (χ0n) is 11.1. The molecule has 4 nitrogen and oxygen atoms in total. The highest BCUT2D eigenvalue weighted by Crippen LogP contribution is 2.05. The average Bonchev–Trinajstić information content (AvgIpc) is 2.33. The Morgan fingerprint density at radius 3 is 2.65 bits per heavy atom. The second-order valence-corrected chi connectivity index (χ2v) is 4.44. The van der Waals surface area contributed by atoms with Crippen LogP contribution in [0.5, 0.6) is 5.88 Å². The Balaban J connectivity index is 2.29. The first-order valence-corrected chi connectivity index (χ1v) is 6.39. The largest absolute Gasteiger partial charge is 0.477 e. The van der Waals surface area contributed by atoms with Crippen LogP contribution in [-0.4, -0.2) is 22.6 Å². The summed E-state index contributed by atoms with van der Waals surface area (Å²) in [5.74, 6) is 0.620. The van der Waals surface area contributed by atoms with E-state index >= 15 is 0 Å². The number of aromatic nitrogens is 2. The summed E-state index contributed by atoms with van der Waals surface area (Å²) in [6, 6.07) is 0.460. The van der Waals surface area contributed by atoms with Crippen LogP contribution in [0, 0.1) is 0 Å². The fourth-order valence-electron chi connectivity index (χ4n) is 1.35. The summed E-state index contributed by atoms with van der Waals surface area (Å²) in [6.07, 6.45) is 6.95. The van der Waals surface area contributed by atoms with E-state index in [9.17, 15) is 0 Å². The summed E-state index contributed by atoms with van der Waals surface area (Å²) in [7, 11) is 0. The van der Waals surface area contributed by atoms with Gasteiger partial charge in [0.05, 0.1) is 24.7 Å². The summed E-state index contributed by atoms with van der Waals surface area (Å²) in [4.78, 5) is 8.53. The van der Waals surface area contributed by atoms with Crippen LogP contribution < -0.4 is 10.1 Å². The molecule has 0 aliphatic rings. The Kier molecular flexibility index (Phi) is 6.55. The first-order chi connectivity index (χ1) is 8.22. The molecule has 0 unspecified atom stereocenters.